The maximum atomic E-state index is 5.53. The Morgan fingerprint density at radius 2 is 1.33 bits per heavy atom. The van der Waals surface area contributed by atoms with Gasteiger partial charge in [0.2, 0.25) is 0 Å². The third kappa shape index (κ3) is 5.54. The number of nitrogens with zero attached hydrogens (tertiary/aromatic N) is 1. The summed E-state index contributed by atoms with van der Waals surface area (Å²) in [5.41, 5.74) is 4.30. The Morgan fingerprint density at radius 1 is 0.905 bits per heavy atom. The average molecular weight is 340 g/mol. The molecule has 0 saturated heterocycles. The molecule has 4 heteroatoms. The Bertz CT molecular complexity index is 554. The predicted octanol–water partition coefficient (Wildman–Crippen LogP) is 5.78. The maximum Gasteiger partial charge on any atom is 0.170 e. The highest BCUT2D eigenvalue weighted by Gasteiger charge is 2.30. The van der Waals surface area contributed by atoms with Gasteiger partial charge in [0, 0.05) is 0 Å². The van der Waals surface area contributed by atoms with E-state index >= 15 is 0 Å². The number of aryl methyl sites for hydroxylation is 3. The second-order valence-electron chi connectivity index (χ2n) is 8.88. The number of rotatable bonds is 4. The summed E-state index contributed by atoms with van der Waals surface area (Å²) in [6.07, 6.45) is 0. The molecular formula is C17H34NPSi2. The molecule has 0 fully saturated rings. The van der Waals surface area contributed by atoms with Gasteiger partial charge in [-0.1, -0.05) is 57.0 Å². The standard InChI is InChI=1S/C17H34NPSi2/c1-14-11-15(2)17(16(3)12-14)19(4,13-20(5,6)7)18-21(8,9)10/h11-12H,13H2,1-10H3. The van der Waals surface area contributed by atoms with Crippen LogP contribution in [0.5, 0.6) is 0 Å². The van der Waals surface area contributed by atoms with Crippen LogP contribution in [-0.2, 0) is 0 Å². The van der Waals surface area contributed by atoms with Crippen LogP contribution in [0.25, 0.3) is 0 Å². The van der Waals surface area contributed by atoms with Gasteiger partial charge in [0.25, 0.3) is 0 Å². The predicted molar refractivity (Wildman–Crippen MR) is 107 cm³/mol. The van der Waals surface area contributed by atoms with E-state index in [2.05, 4.69) is 78.9 Å². The Morgan fingerprint density at radius 3 is 1.67 bits per heavy atom. The lowest BCUT2D eigenvalue weighted by Crippen LogP contribution is -2.32. The van der Waals surface area contributed by atoms with E-state index in [-0.39, 0.29) is 0 Å². The van der Waals surface area contributed by atoms with Crippen molar-refractivity contribution in [2.24, 2.45) is 4.41 Å². The summed E-state index contributed by atoms with van der Waals surface area (Å²) in [5, 5.41) is 1.60. The van der Waals surface area contributed by atoms with E-state index in [0.717, 1.165) is 0 Å². The minimum Gasteiger partial charge on any atom is -0.334 e. The molecule has 0 saturated carbocycles. The van der Waals surface area contributed by atoms with Gasteiger partial charge < -0.3 is 4.41 Å². The van der Waals surface area contributed by atoms with E-state index < -0.39 is 23.4 Å². The van der Waals surface area contributed by atoms with Gasteiger partial charge in [0.15, 0.2) is 8.24 Å². The van der Waals surface area contributed by atoms with Gasteiger partial charge in [-0.25, -0.2) is 0 Å². The molecule has 21 heavy (non-hydrogen) atoms. The first-order valence-corrected chi connectivity index (χ1v) is 17.4. The fraction of sp³-hybridized carbons (Fsp3) is 0.647. The third-order valence-electron chi connectivity index (χ3n) is 3.42. The number of hydrogen-bond donors (Lipinski definition) is 0. The van der Waals surface area contributed by atoms with E-state index in [0.29, 0.717) is 0 Å². The van der Waals surface area contributed by atoms with Gasteiger partial charge in [0.05, 0.1) is 8.07 Å². The van der Waals surface area contributed by atoms with Crippen molar-refractivity contribution < 1.29 is 0 Å². The van der Waals surface area contributed by atoms with Crippen LogP contribution in [0.3, 0.4) is 0 Å². The van der Waals surface area contributed by atoms with Crippen molar-refractivity contribution in [3.05, 3.63) is 28.8 Å². The van der Waals surface area contributed by atoms with Crippen molar-refractivity contribution in [1.29, 1.82) is 0 Å². The van der Waals surface area contributed by atoms with Crippen molar-refractivity contribution in [3.8, 4) is 0 Å². The SMILES string of the molecule is Cc1cc(C)c(P(C)(C[Si](C)(C)C)=N[Si](C)(C)C)c(C)c1. The van der Waals surface area contributed by atoms with E-state index in [1.165, 1.54) is 22.5 Å². The van der Waals surface area contributed by atoms with Crippen LogP contribution in [0, 0.1) is 20.8 Å². The zero-order valence-electron chi connectivity index (χ0n) is 15.8. The molecule has 0 amide bonds. The molecule has 1 aromatic carbocycles. The summed E-state index contributed by atoms with van der Waals surface area (Å²) in [6.45, 7) is 23.9. The molecule has 1 aromatic rings. The molecule has 0 bridgehead atoms. The molecule has 0 radical (unpaired) electrons. The molecule has 0 spiro atoms. The van der Waals surface area contributed by atoms with Crippen molar-refractivity contribution in [1.82, 2.24) is 0 Å². The largest absolute Gasteiger partial charge is 0.334 e. The summed E-state index contributed by atoms with van der Waals surface area (Å²) in [7, 11) is -4.01. The van der Waals surface area contributed by atoms with Gasteiger partial charge in [0.1, 0.15) is 0 Å². The van der Waals surface area contributed by atoms with E-state index in [4.69, 9.17) is 4.41 Å². The van der Waals surface area contributed by atoms with Gasteiger partial charge in [-0.2, -0.15) is 0 Å². The van der Waals surface area contributed by atoms with Crippen LogP contribution >= 0.6 is 7.05 Å². The third-order valence-corrected chi connectivity index (χ3v) is 15.5. The van der Waals surface area contributed by atoms with Crippen molar-refractivity contribution >= 4 is 28.7 Å². The molecule has 0 aromatic heterocycles. The lowest BCUT2D eigenvalue weighted by atomic mass is 10.1. The molecule has 0 aliphatic heterocycles. The molecular weight excluding hydrogens is 305 g/mol. The summed E-state index contributed by atoms with van der Waals surface area (Å²) < 4.78 is 5.53. The monoisotopic (exact) mass is 339 g/mol. The molecule has 1 atom stereocenters. The fourth-order valence-corrected chi connectivity index (χ4v) is 20.0. The second-order valence-corrected chi connectivity index (χ2v) is 23.1. The van der Waals surface area contributed by atoms with Gasteiger partial charge >= 0.3 is 0 Å². The minimum atomic E-state index is -1.44. The van der Waals surface area contributed by atoms with Crippen molar-refractivity contribution in [2.75, 3.05) is 12.5 Å². The molecule has 1 unspecified atom stereocenters. The lowest BCUT2D eigenvalue weighted by molar-refractivity contribution is 1.35. The zero-order valence-corrected chi connectivity index (χ0v) is 18.7. The Kier molecular flexibility index (Phi) is 5.57. The summed E-state index contributed by atoms with van der Waals surface area (Å²) >= 11 is 0. The van der Waals surface area contributed by atoms with Crippen LogP contribution < -0.4 is 5.30 Å². The second kappa shape index (κ2) is 6.18. The quantitative estimate of drug-likeness (QED) is 0.487. The summed E-state index contributed by atoms with van der Waals surface area (Å²) in [5.74, 6) is 1.34. The Hall–Kier alpha value is -0.116. The zero-order chi connectivity index (χ0) is 16.6. The Balaban J connectivity index is 3.65. The van der Waals surface area contributed by atoms with Crippen LogP contribution in [0.2, 0.25) is 39.3 Å². The van der Waals surface area contributed by atoms with Crippen molar-refractivity contribution in [3.63, 3.8) is 0 Å². The van der Waals surface area contributed by atoms with Gasteiger partial charge in [-0.05, 0) is 56.7 Å². The van der Waals surface area contributed by atoms with Crippen molar-refractivity contribution in [2.45, 2.75) is 60.1 Å². The highest BCUT2D eigenvalue weighted by molar-refractivity contribution is 7.76. The lowest BCUT2D eigenvalue weighted by Gasteiger charge is -2.33. The fourth-order valence-electron chi connectivity index (χ4n) is 3.68. The van der Waals surface area contributed by atoms with E-state index in [1.807, 2.05) is 0 Å². The molecule has 0 heterocycles. The molecule has 0 N–H and O–H groups in total. The van der Waals surface area contributed by atoms with Crippen LogP contribution in [0.4, 0.5) is 0 Å². The topological polar surface area (TPSA) is 12.4 Å². The highest BCUT2D eigenvalue weighted by Crippen LogP contribution is 2.50. The normalized spacial score (nSPS) is 15.7. The number of hydrogen-bond acceptors (Lipinski definition) is 1. The van der Waals surface area contributed by atoms with Crippen LogP contribution in [0.15, 0.2) is 16.5 Å². The maximum absolute atomic E-state index is 5.53. The minimum absolute atomic E-state index is 1.16. The Labute approximate surface area is 134 Å². The summed E-state index contributed by atoms with van der Waals surface area (Å²) in [6, 6.07) is 4.70. The smallest absolute Gasteiger partial charge is 0.170 e. The molecule has 0 aliphatic rings. The first kappa shape index (κ1) is 18.9. The molecule has 1 rings (SSSR count). The van der Waals surface area contributed by atoms with E-state index in [1.54, 1.807) is 5.30 Å². The molecule has 0 aliphatic carbocycles. The van der Waals surface area contributed by atoms with Crippen LogP contribution in [0.1, 0.15) is 16.7 Å². The average Bonchev–Trinajstić information content (AvgIpc) is 2.06. The van der Waals surface area contributed by atoms with Gasteiger partial charge in [-0.3, -0.25) is 0 Å². The first-order valence-electron chi connectivity index (χ1n) is 7.92. The van der Waals surface area contributed by atoms with E-state index in [9.17, 15) is 0 Å². The highest BCUT2D eigenvalue weighted by atomic mass is 31.2. The summed E-state index contributed by atoms with van der Waals surface area (Å²) in [4.78, 5) is 0. The number of benzene rings is 1. The molecule has 1 nitrogen and oxygen atoms in total. The van der Waals surface area contributed by atoms with Crippen LogP contribution in [-0.4, -0.2) is 28.8 Å². The van der Waals surface area contributed by atoms with Gasteiger partial charge in [-0.15, -0.1) is 0 Å². The first-order chi connectivity index (χ1) is 9.23. The molecule has 120 valence electrons.